The van der Waals surface area contributed by atoms with Gasteiger partial charge in [0.15, 0.2) is 0 Å². The summed E-state index contributed by atoms with van der Waals surface area (Å²) in [6.45, 7) is 2.60. The van der Waals surface area contributed by atoms with Crippen molar-refractivity contribution in [2.75, 3.05) is 19.6 Å². The minimum absolute atomic E-state index is 0.182. The van der Waals surface area contributed by atoms with E-state index in [1.807, 2.05) is 29.2 Å². The third kappa shape index (κ3) is 2.41. The van der Waals surface area contributed by atoms with Crippen LogP contribution in [0, 0.1) is 11.3 Å². The summed E-state index contributed by atoms with van der Waals surface area (Å²) in [6.07, 6.45) is 0. The Morgan fingerprint density at radius 1 is 1.45 bits per heavy atom. The van der Waals surface area contributed by atoms with Crippen LogP contribution in [0.5, 0.6) is 0 Å². The highest BCUT2D eigenvalue weighted by molar-refractivity contribution is 5.73. The first-order valence-corrected chi connectivity index (χ1v) is 6.60. The van der Waals surface area contributed by atoms with E-state index in [2.05, 4.69) is 21.4 Å². The van der Waals surface area contributed by atoms with Crippen molar-refractivity contribution in [3.8, 4) is 6.07 Å². The van der Waals surface area contributed by atoms with E-state index in [1.54, 1.807) is 0 Å². The van der Waals surface area contributed by atoms with Gasteiger partial charge in [0.05, 0.1) is 17.1 Å². The van der Waals surface area contributed by atoms with Crippen LogP contribution in [0.1, 0.15) is 5.69 Å². The van der Waals surface area contributed by atoms with E-state index in [9.17, 15) is 4.79 Å². The summed E-state index contributed by atoms with van der Waals surface area (Å²) in [6, 6.07) is 9.49. The van der Waals surface area contributed by atoms with E-state index < -0.39 is 0 Å². The topological polar surface area (TPSA) is 84.8 Å². The molecule has 6 heteroatoms. The third-order valence-corrected chi connectivity index (χ3v) is 3.53. The molecule has 1 aliphatic rings. The van der Waals surface area contributed by atoms with Gasteiger partial charge in [-0.1, -0.05) is 12.1 Å². The van der Waals surface area contributed by atoms with E-state index in [0.29, 0.717) is 18.8 Å². The fourth-order valence-electron chi connectivity index (χ4n) is 2.43. The first kappa shape index (κ1) is 12.8. The zero-order valence-electron chi connectivity index (χ0n) is 11.0. The predicted molar refractivity (Wildman–Crippen MR) is 75.0 cm³/mol. The molecule has 6 nitrogen and oxygen atoms in total. The number of para-hydroxylation sites is 2. The highest BCUT2D eigenvalue weighted by Gasteiger charge is 2.23. The summed E-state index contributed by atoms with van der Waals surface area (Å²) in [4.78, 5) is 21.3. The quantitative estimate of drug-likeness (QED) is 0.814. The van der Waals surface area contributed by atoms with Crippen LogP contribution in [0.4, 0.5) is 0 Å². The van der Waals surface area contributed by atoms with Gasteiger partial charge in [-0.15, -0.1) is 0 Å². The fourth-order valence-corrected chi connectivity index (χ4v) is 2.43. The second-order valence-corrected chi connectivity index (χ2v) is 4.85. The number of H-pyrrole nitrogens is 1. The Hall–Kier alpha value is -2.23. The number of aromatic amines is 1. The van der Waals surface area contributed by atoms with Crippen molar-refractivity contribution < 1.29 is 0 Å². The highest BCUT2D eigenvalue weighted by Crippen LogP contribution is 2.09. The Kier molecular flexibility index (Phi) is 3.46. The van der Waals surface area contributed by atoms with E-state index in [4.69, 9.17) is 5.26 Å². The van der Waals surface area contributed by atoms with Crippen molar-refractivity contribution >= 4 is 11.0 Å². The Morgan fingerprint density at radius 2 is 2.30 bits per heavy atom. The lowest BCUT2D eigenvalue weighted by Gasteiger charge is -2.31. The minimum Gasteiger partial charge on any atom is -0.319 e. The molecule has 2 aromatic rings. The van der Waals surface area contributed by atoms with Gasteiger partial charge in [-0.2, -0.15) is 5.26 Å². The molecule has 1 aromatic heterocycles. The van der Waals surface area contributed by atoms with Crippen molar-refractivity contribution in [1.82, 2.24) is 20.2 Å². The van der Waals surface area contributed by atoms with Crippen molar-refractivity contribution in [1.29, 1.82) is 5.26 Å². The van der Waals surface area contributed by atoms with Crippen LogP contribution < -0.4 is 10.9 Å². The summed E-state index contributed by atoms with van der Waals surface area (Å²) in [5.41, 5.74) is 1.79. The molecule has 1 fully saturated rings. The van der Waals surface area contributed by atoms with Crippen LogP contribution in [0.25, 0.3) is 11.0 Å². The third-order valence-electron chi connectivity index (χ3n) is 3.53. The van der Waals surface area contributed by atoms with Crippen LogP contribution in [0.2, 0.25) is 0 Å². The number of nitrogens with zero attached hydrogens (tertiary/aromatic N) is 3. The van der Waals surface area contributed by atoms with E-state index in [-0.39, 0.29) is 11.6 Å². The second-order valence-electron chi connectivity index (χ2n) is 4.85. The van der Waals surface area contributed by atoms with Crippen LogP contribution in [-0.2, 0) is 6.54 Å². The fraction of sp³-hybridized carbons (Fsp3) is 0.357. The first-order chi connectivity index (χ1) is 9.78. The number of hydrogen-bond acceptors (Lipinski definition) is 5. The molecule has 1 saturated heterocycles. The molecule has 1 atom stereocenters. The Morgan fingerprint density at radius 3 is 3.15 bits per heavy atom. The van der Waals surface area contributed by atoms with Crippen molar-refractivity contribution in [2.24, 2.45) is 0 Å². The molecule has 0 bridgehead atoms. The number of nitrogens with one attached hydrogen (secondary N) is 2. The van der Waals surface area contributed by atoms with Crippen LogP contribution in [-0.4, -0.2) is 40.5 Å². The van der Waals surface area contributed by atoms with Gasteiger partial charge in [-0.05, 0) is 12.1 Å². The van der Waals surface area contributed by atoms with E-state index >= 15 is 0 Å². The summed E-state index contributed by atoms with van der Waals surface area (Å²) < 4.78 is 0. The number of rotatable bonds is 2. The Balaban J connectivity index is 1.92. The molecule has 0 saturated carbocycles. The van der Waals surface area contributed by atoms with E-state index in [1.165, 1.54) is 0 Å². The number of aromatic nitrogens is 2. The molecule has 1 aromatic carbocycles. The van der Waals surface area contributed by atoms with Crippen LogP contribution in [0.15, 0.2) is 29.1 Å². The van der Waals surface area contributed by atoms with Gasteiger partial charge < -0.3 is 10.3 Å². The smallest absolute Gasteiger partial charge is 0.271 e. The second kappa shape index (κ2) is 5.41. The van der Waals surface area contributed by atoms with E-state index in [0.717, 1.165) is 24.1 Å². The van der Waals surface area contributed by atoms with Gasteiger partial charge in [0.1, 0.15) is 11.7 Å². The number of benzene rings is 1. The van der Waals surface area contributed by atoms with Crippen molar-refractivity contribution in [2.45, 2.75) is 12.6 Å². The first-order valence-electron chi connectivity index (χ1n) is 6.60. The van der Waals surface area contributed by atoms with Crippen LogP contribution in [0.3, 0.4) is 0 Å². The maximum absolute atomic E-state index is 12.1. The number of piperazine rings is 1. The average Bonchev–Trinajstić information content (AvgIpc) is 2.48. The molecule has 20 heavy (non-hydrogen) atoms. The average molecular weight is 269 g/mol. The van der Waals surface area contributed by atoms with Crippen molar-refractivity contribution in [3.63, 3.8) is 0 Å². The number of hydrogen-bond donors (Lipinski definition) is 2. The largest absolute Gasteiger partial charge is 0.319 e. The lowest BCUT2D eigenvalue weighted by atomic mass is 10.2. The monoisotopic (exact) mass is 269 g/mol. The summed E-state index contributed by atoms with van der Waals surface area (Å²) in [5, 5.41) is 12.3. The molecule has 1 aliphatic heterocycles. The number of nitriles is 1. The molecule has 0 aliphatic carbocycles. The molecule has 2 heterocycles. The summed E-state index contributed by atoms with van der Waals surface area (Å²) >= 11 is 0. The van der Waals surface area contributed by atoms with Gasteiger partial charge in [-0.3, -0.25) is 9.69 Å². The molecule has 2 N–H and O–H groups in total. The Labute approximate surface area is 116 Å². The molecule has 3 rings (SSSR count). The van der Waals surface area contributed by atoms with Gasteiger partial charge >= 0.3 is 0 Å². The standard InChI is InChI=1S/C14H15N5O/c15-7-10-8-16-5-6-19(10)9-13-14(20)18-12-4-2-1-3-11(12)17-13/h1-4,10,16H,5-6,8-9H2,(H,18,20). The molecule has 1 unspecified atom stereocenters. The SMILES string of the molecule is N#CC1CNCCN1Cc1nc2ccccc2[nH]c1=O. The minimum atomic E-state index is -0.212. The Bertz CT molecular complexity index is 717. The highest BCUT2D eigenvalue weighted by atomic mass is 16.1. The summed E-state index contributed by atoms with van der Waals surface area (Å²) in [7, 11) is 0. The predicted octanol–water partition coefficient (Wildman–Crippen LogP) is 0.220. The molecule has 0 spiro atoms. The molecule has 0 amide bonds. The normalized spacial score (nSPS) is 19.9. The summed E-state index contributed by atoms with van der Waals surface area (Å²) in [5.74, 6) is 0. The van der Waals surface area contributed by atoms with Crippen LogP contribution >= 0.6 is 0 Å². The van der Waals surface area contributed by atoms with Gasteiger partial charge in [-0.25, -0.2) is 4.98 Å². The van der Waals surface area contributed by atoms with Gasteiger partial charge in [0.2, 0.25) is 0 Å². The lowest BCUT2D eigenvalue weighted by molar-refractivity contribution is 0.186. The maximum Gasteiger partial charge on any atom is 0.271 e. The van der Waals surface area contributed by atoms with Gasteiger partial charge in [0.25, 0.3) is 5.56 Å². The molecule has 102 valence electrons. The van der Waals surface area contributed by atoms with Gasteiger partial charge in [0, 0.05) is 26.2 Å². The lowest BCUT2D eigenvalue weighted by Crippen LogP contribution is -2.50. The molecular weight excluding hydrogens is 254 g/mol. The zero-order valence-corrected chi connectivity index (χ0v) is 11.0. The number of fused-ring (bicyclic) bond motifs is 1. The maximum atomic E-state index is 12.1. The van der Waals surface area contributed by atoms with Crippen molar-refractivity contribution in [3.05, 3.63) is 40.3 Å². The zero-order chi connectivity index (χ0) is 13.9. The molecule has 0 radical (unpaired) electrons. The molecular formula is C14H15N5O.